The Morgan fingerprint density at radius 2 is 2.00 bits per heavy atom. The van der Waals surface area contributed by atoms with Crippen molar-refractivity contribution in [3.05, 3.63) is 67.6 Å². The van der Waals surface area contributed by atoms with Crippen LogP contribution in [0.25, 0.3) is 17.3 Å². The molecule has 1 N–H and O–H groups in total. The third-order valence-electron chi connectivity index (χ3n) is 5.62. The van der Waals surface area contributed by atoms with Gasteiger partial charge in [-0.3, -0.25) is 10.2 Å². The van der Waals surface area contributed by atoms with Crippen LogP contribution in [0, 0.1) is 0 Å². The molecule has 4 heterocycles. The van der Waals surface area contributed by atoms with Crippen LogP contribution >= 0.6 is 34.5 Å². The Morgan fingerprint density at radius 3 is 2.75 bits per heavy atom. The molecule has 0 saturated carbocycles. The number of nitrogens with one attached hydrogen (secondary N) is 1. The summed E-state index contributed by atoms with van der Waals surface area (Å²) in [5.41, 5.74) is 6.61. The summed E-state index contributed by atoms with van der Waals surface area (Å²) in [7, 11) is 0. The summed E-state index contributed by atoms with van der Waals surface area (Å²) in [6.45, 7) is 2.43. The van der Waals surface area contributed by atoms with Crippen molar-refractivity contribution in [3.8, 4) is 5.69 Å². The standard InChI is InChI=1S/C23H22Cl2N4O2S/c24-16-6-7-20(19(25)12-16)29-22-15(11-17-5-4-10-32-17)13-31-14-18(22)21(26-29)23(30)27-28-8-2-1-3-9-28/h4-7,10-12H,1-3,8-9,13-14H2,(H,27,30)/b15-11-. The molecule has 9 heteroatoms. The van der Waals surface area contributed by atoms with Gasteiger partial charge in [0.1, 0.15) is 0 Å². The molecule has 166 valence electrons. The van der Waals surface area contributed by atoms with Crippen molar-refractivity contribution >= 4 is 52.1 Å². The molecule has 1 saturated heterocycles. The molecule has 0 radical (unpaired) electrons. The van der Waals surface area contributed by atoms with Crippen LogP contribution in [0.5, 0.6) is 0 Å². The lowest BCUT2D eigenvalue weighted by Crippen LogP contribution is -2.45. The summed E-state index contributed by atoms with van der Waals surface area (Å²) >= 11 is 14.3. The van der Waals surface area contributed by atoms with Crippen molar-refractivity contribution in [2.45, 2.75) is 25.9 Å². The van der Waals surface area contributed by atoms with Crippen LogP contribution in [0.2, 0.25) is 10.0 Å². The van der Waals surface area contributed by atoms with E-state index in [2.05, 4.69) is 11.5 Å². The number of amides is 1. The number of hydrazine groups is 1. The average Bonchev–Trinajstić information content (AvgIpc) is 3.43. The van der Waals surface area contributed by atoms with E-state index in [9.17, 15) is 4.79 Å². The molecule has 0 spiro atoms. The Bertz CT molecular complexity index is 1170. The van der Waals surface area contributed by atoms with Gasteiger partial charge in [-0.2, -0.15) is 5.10 Å². The number of carbonyl (C=O) groups excluding carboxylic acids is 1. The minimum Gasteiger partial charge on any atom is -0.372 e. The molecule has 3 aromatic rings. The lowest BCUT2D eigenvalue weighted by Gasteiger charge is -2.26. The number of rotatable bonds is 4. The van der Waals surface area contributed by atoms with Crippen LogP contribution in [0.3, 0.4) is 0 Å². The molecule has 0 aliphatic carbocycles. The van der Waals surface area contributed by atoms with Crippen LogP contribution in [0.4, 0.5) is 0 Å². The lowest BCUT2D eigenvalue weighted by atomic mass is 10.0. The minimum absolute atomic E-state index is 0.229. The first kappa shape index (κ1) is 21.7. The van der Waals surface area contributed by atoms with Gasteiger partial charge in [0.05, 0.1) is 29.6 Å². The van der Waals surface area contributed by atoms with E-state index in [1.807, 2.05) is 28.6 Å². The largest absolute Gasteiger partial charge is 0.372 e. The predicted octanol–water partition coefficient (Wildman–Crippen LogP) is 5.44. The Morgan fingerprint density at radius 1 is 1.16 bits per heavy atom. The Balaban J connectivity index is 1.61. The van der Waals surface area contributed by atoms with E-state index in [1.165, 1.54) is 6.42 Å². The predicted molar refractivity (Wildman–Crippen MR) is 128 cm³/mol. The molecular formula is C23H22Cl2N4O2S. The van der Waals surface area contributed by atoms with Gasteiger partial charge < -0.3 is 4.74 Å². The monoisotopic (exact) mass is 488 g/mol. The molecule has 5 rings (SSSR count). The molecule has 6 nitrogen and oxygen atoms in total. The highest BCUT2D eigenvalue weighted by atomic mass is 35.5. The maximum absolute atomic E-state index is 13.2. The van der Waals surface area contributed by atoms with Gasteiger partial charge in [0, 0.05) is 34.1 Å². The van der Waals surface area contributed by atoms with Gasteiger partial charge in [-0.25, -0.2) is 9.69 Å². The van der Waals surface area contributed by atoms with Crippen molar-refractivity contribution in [2.24, 2.45) is 0 Å². The zero-order valence-electron chi connectivity index (χ0n) is 17.3. The zero-order valence-corrected chi connectivity index (χ0v) is 19.6. The normalized spacial score (nSPS) is 18.0. The lowest BCUT2D eigenvalue weighted by molar-refractivity contribution is 0.0738. The first-order valence-corrected chi connectivity index (χ1v) is 12.2. The second-order valence-corrected chi connectivity index (χ2v) is 9.67. The van der Waals surface area contributed by atoms with Crippen LogP contribution < -0.4 is 5.43 Å². The molecule has 32 heavy (non-hydrogen) atoms. The highest BCUT2D eigenvalue weighted by molar-refractivity contribution is 7.10. The number of thiophene rings is 1. The van der Waals surface area contributed by atoms with Crippen molar-refractivity contribution in [1.82, 2.24) is 20.2 Å². The number of ether oxygens (including phenoxy) is 1. The zero-order chi connectivity index (χ0) is 22.1. The first-order valence-electron chi connectivity index (χ1n) is 10.6. The number of hydrogen-bond acceptors (Lipinski definition) is 5. The number of hydrogen-bond donors (Lipinski definition) is 1. The fourth-order valence-electron chi connectivity index (χ4n) is 4.12. The van der Waals surface area contributed by atoms with Crippen LogP contribution in [0.15, 0.2) is 35.7 Å². The van der Waals surface area contributed by atoms with E-state index in [-0.39, 0.29) is 5.91 Å². The number of halogens is 2. The summed E-state index contributed by atoms with van der Waals surface area (Å²) in [6, 6.07) is 9.33. The summed E-state index contributed by atoms with van der Waals surface area (Å²) in [5.74, 6) is -0.229. The molecular weight excluding hydrogens is 467 g/mol. The number of fused-ring (bicyclic) bond motifs is 1. The number of benzene rings is 1. The summed E-state index contributed by atoms with van der Waals surface area (Å²) in [6.07, 6.45) is 5.42. The van der Waals surface area contributed by atoms with Crippen molar-refractivity contribution < 1.29 is 9.53 Å². The summed E-state index contributed by atoms with van der Waals surface area (Å²) < 4.78 is 7.62. The third-order valence-corrected chi connectivity index (χ3v) is 6.98. The van der Waals surface area contributed by atoms with Gasteiger partial charge >= 0.3 is 0 Å². The molecule has 1 fully saturated rings. The first-order chi connectivity index (χ1) is 15.6. The smallest absolute Gasteiger partial charge is 0.286 e. The fraction of sp³-hybridized carbons (Fsp3) is 0.304. The van der Waals surface area contributed by atoms with Gasteiger partial charge in [-0.05, 0) is 48.6 Å². The molecule has 0 bridgehead atoms. The highest BCUT2D eigenvalue weighted by Crippen LogP contribution is 2.35. The van der Waals surface area contributed by atoms with Gasteiger partial charge in [-0.15, -0.1) is 11.3 Å². The molecule has 1 amide bonds. The van der Waals surface area contributed by atoms with Crippen molar-refractivity contribution in [2.75, 3.05) is 19.7 Å². The molecule has 2 aliphatic rings. The van der Waals surface area contributed by atoms with Crippen molar-refractivity contribution in [3.63, 3.8) is 0 Å². The maximum atomic E-state index is 13.2. The van der Waals surface area contributed by atoms with Gasteiger partial charge in [-0.1, -0.05) is 35.7 Å². The quantitative estimate of drug-likeness (QED) is 0.530. The number of piperidine rings is 1. The number of aromatic nitrogens is 2. The average molecular weight is 489 g/mol. The molecule has 0 unspecified atom stereocenters. The van der Waals surface area contributed by atoms with Crippen LogP contribution in [-0.2, 0) is 11.3 Å². The Kier molecular flexibility index (Phi) is 6.35. The number of carbonyl (C=O) groups is 1. The second kappa shape index (κ2) is 9.37. The number of nitrogens with zero attached hydrogens (tertiary/aromatic N) is 3. The van der Waals surface area contributed by atoms with Crippen LogP contribution in [-0.4, -0.2) is 40.4 Å². The fourth-order valence-corrected chi connectivity index (χ4v) is 5.29. The Hall–Kier alpha value is -2.16. The highest BCUT2D eigenvalue weighted by Gasteiger charge is 2.30. The minimum atomic E-state index is -0.229. The van der Waals surface area contributed by atoms with E-state index in [1.54, 1.807) is 28.2 Å². The Labute approximate surface area is 200 Å². The molecule has 0 atom stereocenters. The third kappa shape index (κ3) is 4.36. The SMILES string of the molecule is O=C(NN1CCCCC1)c1nn(-c2ccc(Cl)cc2Cl)c2c1COC/C2=C/c1cccs1. The van der Waals surface area contributed by atoms with E-state index in [4.69, 9.17) is 33.0 Å². The molecule has 2 aliphatic heterocycles. The van der Waals surface area contributed by atoms with Crippen molar-refractivity contribution in [1.29, 1.82) is 0 Å². The maximum Gasteiger partial charge on any atom is 0.286 e. The summed E-state index contributed by atoms with van der Waals surface area (Å²) in [4.78, 5) is 14.3. The topological polar surface area (TPSA) is 59.4 Å². The van der Waals surface area contributed by atoms with Gasteiger partial charge in [0.25, 0.3) is 5.91 Å². The van der Waals surface area contributed by atoms with E-state index in [0.29, 0.717) is 34.6 Å². The van der Waals surface area contributed by atoms with E-state index in [0.717, 1.165) is 47.6 Å². The molecule has 1 aromatic carbocycles. The molecule has 2 aromatic heterocycles. The van der Waals surface area contributed by atoms with Gasteiger partial charge in [0.15, 0.2) is 5.69 Å². The van der Waals surface area contributed by atoms with E-state index >= 15 is 0 Å². The second-order valence-electron chi connectivity index (χ2n) is 7.85. The summed E-state index contributed by atoms with van der Waals surface area (Å²) in [5, 5.41) is 9.74. The van der Waals surface area contributed by atoms with E-state index < -0.39 is 0 Å². The van der Waals surface area contributed by atoms with Crippen LogP contribution in [0.1, 0.15) is 45.9 Å². The van der Waals surface area contributed by atoms with Gasteiger partial charge in [0.2, 0.25) is 0 Å².